The number of nitrogens with one attached hydrogen (secondary N) is 1. The highest BCUT2D eigenvalue weighted by Gasteiger charge is 2.41. The Labute approximate surface area is 114 Å². The molecular formula is C16H20ClN. The lowest BCUT2D eigenvalue weighted by atomic mass is 9.71. The minimum absolute atomic E-state index is 0.434. The van der Waals surface area contributed by atoms with Crippen molar-refractivity contribution in [1.82, 2.24) is 5.32 Å². The highest BCUT2D eigenvalue weighted by Crippen LogP contribution is 2.43. The zero-order chi connectivity index (χ0) is 12.5. The van der Waals surface area contributed by atoms with Gasteiger partial charge in [0.1, 0.15) is 0 Å². The number of benzene rings is 1. The largest absolute Gasteiger partial charge is 0.307 e. The quantitative estimate of drug-likeness (QED) is 0.795. The van der Waals surface area contributed by atoms with Gasteiger partial charge < -0.3 is 5.32 Å². The van der Waals surface area contributed by atoms with Gasteiger partial charge in [0, 0.05) is 17.1 Å². The van der Waals surface area contributed by atoms with Crippen LogP contribution in [0.3, 0.4) is 0 Å². The van der Waals surface area contributed by atoms with Gasteiger partial charge in [0.25, 0.3) is 0 Å². The predicted molar refractivity (Wildman–Crippen MR) is 76.8 cm³/mol. The summed E-state index contributed by atoms with van der Waals surface area (Å²) in [6.07, 6.45) is 8.47. The monoisotopic (exact) mass is 261 g/mol. The lowest BCUT2D eigenvalue weighted by Crippen LogP contribution is -2.49. The summed E-state index contributed by atoms with van der Waals surface area (Å²) in [5, 5.41) is 4.64. The molecule has 1 N–H and O–H groups in total. The Balaban J connectivity index is 1.68. The van der Waals surface area contributed by atoms with Crippen molar-refractivity contribution >= 4 is 11.6 Å². The zero-order valence-electron chi connectivity index (χ0n) is 10.8. The average Bonchev–Trinajstić information content (AvgIpc) is 2.72. The first-order valence-corrected chi connectivity index (χ1v) is 7.34. The Hall–Kier alpha value is -0.790. The predicted octanol–water partition coefficient (Wildman–Crippen LogP) is 4.35. The van der Waals surface area contributed by atoms with Crippen molar-refractivity contribution in [2.75, 3.05) is 0 Å². The van der Waals surface area contributed by atoms with Crippen molar-refractivity contribution in [1.29, 1.82) is 0 Å². The van der Waals surface area contributed by atoms with E-state index >= 15 is 0 Å². The Bertz CT molecular complexity index is 454. The lowest BCUT2D eigenvalue weighted by molar-refractivity contribution is 0.149. The van der Waals surface area contributed by atoms with Crippen molar-refractivity contribution in [3.63, 3.8) is 0 Å². The standard InChI is InChI=1S/C16H20ClN/c1-2-15(12-6-3-7-13(17)9-12)18-16-10-11-5-4-8-14(11)16/h3-4,6-9,11,14-16,18H,2,5,10H2,1H3. The van der Waals surface area contributed by atoms with Crippen LogP contribution in [0, 0.1) is 11.8 Å². The number of hydrogen-bond donors (Lipinski definition) is 1. The maximum absolute atomic E-state index is 6.08. The molecule has 0 amide bonds. The van der Waals surface area contributed by atoms with E-state index in [1.165, 1.54) is 18.4 Å². The molecule has 0 aromatic heterocycles. The maximum atomic E-state index is 6.08. The van der Waals surface area contributed by atoms with Gasteiger partial charge in [-0.2, -0.15) is 0 Å². The summed E-state index contributed by atoms with van der Waals surface area (Å²) in [5.74, 6) is 1.69. The van der Waals surface area contributed by atoms with Crippen LogP contribution in [0.5, 0.6) is 0 Å². The van der Waals surface area contributed by atoms with Gasteiger partial charge in [-0.1, -0.05) is 42.8 Å². The average molecular weight is 262 g/mol. The number of fused-ring (bicyclic) bond motifs is 1. The van der Waals surface area contributed by atoms with E-state index in [9.17, 15) is 0 Å². The lowest BCUT2D eigenvalue weighted by Gasteiger charge is -2.42. The second-order valence-corrected chi connectivity index (χ2v) is 5.96. The first-order chi connectivity index (χ1) is 8.78. The second-order valence-electron chi connectivity index (χ2n) is 5.53. The molecule has 1 aromatic carbocycles. The summed E-state index contributed by atoms with van der Waals surface area (Å²) >= 11 is 6.08. The molecule has 0 spiro atoms. The minimum Gasteiger partial charge on any atom is -0.307 e. The summed E-state index contributed by atoms with van der Waals surface area (Å²) in [6.45, 7) is 2.24. The Morgan fingerprint density at radius 1 is 1.44 bits per heavy atom. The molecule has 1 aromatic rings. The van der Waals surface area contributed by atoms with Gasteiger partial charge in [0.2, 0.25) is 0 Å². The van der Waals surface area contributed by atoms with E-state index in [4.69, 9.17) is 11.6 Å². The van der Waals surface area contributed by atoms with E-state index in [0.717, 1.165) is 23.3 Å². The summed E-state index contributed by atoms with van der Waals surface area (Å²) in [5.41, 5.74) is 1.32. The topological polar surface area (TPSA) is 12.0 Å². The fourth-order valence-electron chi connectivity index (χ4n) is 3.34. The molecule has 0 saturated heterocycles. The third-order valence-electron chi connectivity index (χ3n) is 4.44. The molecule has 4 unspecified atom stereocenters. The van der Waals surface area contributed by atoms with Crippen molar-refractivity contribution in [3.8, 4) is 0 Å². The summed E-state index contributed by atoms with van der Waals surface area (Å²) in [7, 11) is 0. The van der Waals surface area contributed by atoms with Crippen LogP contribution < -0.4 is 5.32 Å². The summed E-state index contributed by atoms with van der Waals surface area (Å²) in [6, 6.07) is 9.34. The van der Waals surface area contributed by atoms with Crippen LogP contribution in [0.15, 0.2) is 36.4 Å². The zero-order valence-corrected chi connectivity index (χ0v) is 11.5. The molecular weight excluding hydrogens is 242 g/mol. The maximum Gasteiger partial charge on any atom is 0.0409 e. The SMILES string of the molecule is CCC(NC1CC2CC=CC21)c1cccc(Cl)c1. The molecule has 1 nitrogen and oxygen atoms in total. The van der Waals surface area contributed by atoms with E-state index in [1.807, 2.05) is 12.1 Å². The Kier molecular flexibility index (Phi) is 3.45. The molecule has 2 heteroatoms. The molecule has 2 aliphatic rings. The van der Waals surface area contributed by atoms with Gasteiger partial charge >= 0.3 is 0 Å². The van der Waals surface area contributed by atoms with Crippen LogP contribution >= 0.6 is 11.6 Å². The minimum atomic E-state index is 0.434. The first-order valence-electron chi connectivity index (χ1n) is 6.96. The molecule has 18 heavy (non-hydrogen) atoms. The van der Waals surface area contributed by atoms with Crippen LogP contribution in [0.25, 0.3) is 0 Å². The fraction of sp³-hybridized carbons (Fsp3) is 0.500. The third kappa shape index (κ3) is 2.22. The molecule has 2 aliphatic carbocycles. The third-order valence-corrected chi connectivity index (χ3v) is 4.67. The van der Waals surface area contributed by atoms with E-state index in [0.29, 0.717) is 12.1 Å². The molecule has 96 valence electrons. The highest BCUT2D eigenvalue weighted by molar-refractivity contribution is 6.30. The molecule has 0 radical (unpaired) electrons. The molecule has 1 fully saturated rings. The van der Waals surface area contributed by atoms with E-state index in [-0.39, 0.29) is 0 Å². The van der Waals surface area contributed by atoms with Crippen molar-refractivity contribution < 1.29 is 0 Å². The van der Waals surface area contributed by atoms with Crippen LogP contribution in [0.2, 0.25) is 5.02 Å². The van der Waals surface area contributed by atoms with E-state index in [2.05, 4.69) is 36.5 Å². The van der Waals surface area contributed by atoms with Gasteiger partial charge in [0.15, 0.2) is 0 Å². The van der Waals surface area contributed by atoms with Gasteiger partial charge in [0.05, 0.1) is 0 Å². The molecule has 3 rings (SSSR count). The molecule has 0 aliphatic heterocycles. The van der Waals surface area contributed by atoms with Crippen LogP contribution in [0.4, 0.5) is 0 Å². The second kappa shape index (κ2) is 5.07. The van der Waals surface area contributed by atoms with Crippen molar-refractivity contribution in [2.24, 2.45) is 11.8 Å². The first kappa shape index (κ1) is 12.3. The van der Waals surface area contributed by atoms with Crippen molar-refractivity contribution in [3.05, 3.63) is 47.0 Å². The van der Waals surface area contributed by atoms with Gasteiger partial charge in [-0.3, -0.25) is 0 Å². The summed E-state index contributed by atoms with van der Waals surface area (Å²) < 4.78 is 0. The molecule has 4 atom stereocenters. The number of hydrogen-bond acceptors (Lipinski definition) is 1. The summed E-state index contributed by atoms with van der Waals surface area (Å²) in [4.78, 5) is 0. The smallest absolute Gasteiger partial charge is 0.0409 e. The van der Waals surface area contributed by atoms with Gasteiger partial charge in [-0.25, -0.2) is 0 Å². The van der Waals surface area contributed by atoms with Crippen molar-refractivity contribution in [2.45, 2.75) is 38.3 Å². The fourth-order valence-corrected chi connectivity index (χ4v) is 3.54. The van der Waals surface area contributed by atoms with E-state index in [1.54, 1.807) is 0 Å². The number of allylic oxidation sites excluding steroid dienone is 1. The Morgan fingerprint density at radius 3 is 3.06 bits per heavy atom. The van der Waals surface area contributed by atoms with Gasteiger partial charge in [-0.15, -0.1) is 0 Å². The normalized spacial score (nSPS) is 30.9. The molecule has 0 bridgehead atoms. The highest BCUT2D eigenvalue weighted by atomic mass is 35.5. The molecule has 0 heterocycles. The van der Waals surface area contributed by atoms with Crippen LogP contribution in [-0.2, 0) is 0 Å². The number of rotatable bonds is 4. The van der Waals surface area contributed by atoms with Gasteiger partial charge in [-0.05, 0) is 48.8 Å². The molecule has 1 saturated carbocycles. The van der Waals surface area contributed by atoms with E-state index < -0.39 is 0 Å². The van der Waals surface area contributed by atoms with Crippen LogP contribution in [0.1, 0.15) is 37.8 Å². The number of halogens is 1. The Morgan fingerprint density at radius 2 is 2.33 bits per heavy atom. The van der Waals surface area contributed by atoms with Crippen LogP contribution in [-0.4, -0.2) is 6.04 Å².